The molecule has 144 valence electrons. The third-order valence-corrected chi connectivity index (χ3v) is 5.54. The molecule has 1 aliphatic rings. The number of rotatable bonds is 5. The lowest BCUT2D eigenvalue weighted by Crippen LogP contribution is -2.42. The Morgan fingerprint density at radius 3 is 2.41 bits per heavy atom. The molecule has 0 bridgehead atoms. The summed E-state index contributed by atoms with van der Waals surface area (Å²) in [6.07, 6.45) is 6.07. The van der Waals surface area contributed by atoms with Crippen LogP contribution in [0.1, 0.15) is 25.7 Å². The SMILES string of the molecule is CN(C)c1ccnc(N[C@H]2CC[C@@H](NC(=S)Nc3ccc(I)cc3)CC2)n1. The molecule has 0 atom stereocenters. The topological polar surface area (TPSA) is 65.1 Å². The largest absolute Gasteiger partial charge is 0.363 e. The standard InChI is InChI=1S/C19H25IN6S/c1-26(2)17-11-12-21-18(25-17)22-14-7-9-16(10-8-14)24-19(27)23-15-5-3-13(20)4-6-15/h3-6,11-12,14,16H,7-10H2,1-2H3,(H,21,22,25)(H2,23,24,27)/t14-,16+. The summed E-state index contributed by atoms with van der Waals surface area (Å²) in [5, 5.41) is 10.9. The zero-order valence-corrected chi connectivity index (χ0v) is 18.5. The number of nitrogens with zero attached hydrogens (tertiary/aromatic N) is 3. The zero-order valence-electron chi connectivity index (χ0n) is 15.6. The summed E-state index contributed by atoms with van der Waals surface area (Å²) in [6.45, 7) is 0. The molecule has 2 aromatic rings. The Hall–Kier alpha value is -1.68. The molecule has 1 saturated carbocycles. The summed E-state index contributed by atoms with van der Waals surface area (Å²) in [4.78, 5) is 10.9. The third-order valence-electron chi connectivity index (χ3n) is 4.60. The van der Waals surface area contributed by atoms with Gasteiger partial charge in [-0.1, -0.05) is 0 Å². The van der Waals surface area contributed by atoms with E-state index in [1.807, 2.05) is 37.2 Å². The first-order chi connectivity index (χ1) is 13.0. The second-order valence-electron chi connectivity index (χ2n) is 6.93. The molecule has 3 rings (SSSR count). The van der Waals surface area contributed by atoms with Crippen LogP contribution in [0.25, 0.3) is 0 Å². The van der Waals surface area contributed by atoms with E-state index in [-0.39, 0.29) is 0 Å². The van der Waals surface area contributed by atoms with Crippen LogP contribution in [0.2, 0.25) is 0 Å². The van der Waals surface area contributed by atoms with E-state index in [2.05, 4.69) is 60.6 Å². The molecule has 6 nitrogen and oxygen atoms in total. The number of anilines is 3. The summed E-state index contributed by atoms with van der Waals surface area (Å²) in [6, 6.07) is 10.9. The van der Waals surface area contributed by atoms with E-state index in [9.17, 15) is 0 Å². The van der Waals surface area contributed by atoms with E-state index in [0.717, 1.165) is 37.2 Å². The van der Waals surface area contributed by atoms with Crippen LogP contribution in [0, 0.1) is 3.57 Å². The van der Waals surface area contributed by atoms with Crippen LogP contribution in [0.3, 0.4) is 0 Å². The summed E-state index contributed by atoms with van der Waals surface area (Å²) >= 11 is 7.75. The van der Waals surface area contributed by atoms with Gasteiger partial charge in [0, 0.05) is 41.6 Å². The summed E-state index contributed by atoms with van der Waals surface area (Å²) in [5.74, 6) is 1.61. The van der Waals surface area contributed by atoms with Gasteiger partial charge in [0.25, 0.3) is 0 Å². The molecular weight excluding hydrogens is 471 g/mol. The minimum absolute atomic E-state index is 0.401. The highest BCUT2D eigenvalue weighted by molar-refractivity contribution is 14.1. The van der Waals surface area contributed by atoms with Crippen LogP contribution < -0.4 is 20.9 Å². The van der Waals surface area contributed by atoms with Crippen LogP contribution >= 0.6 is 34.8 Å². The number of aromatic nitrogens is 2. The second kappa shape index (κ2) is 9.50. The Balaban J connectivity index is 1.44. The first-order valence-electron chi connectivity index (χ1n) is 9.09. The van der Waals surface area contributed by atoms with Gasteiger partial charge in [0.05, 0.1) is 0 Å². The van der Waals surface area contributed by atoms with E-state index >= 15 is 0 Å². The summed E-state index contributed by atoms with van der Waals surface area (Å²) in [5.41, 5.74) is 1.01. The number of thiocarbonyl (C=S) groups is 1. The van der Waals surface area contributed by atoms with Crippen molar-refractivity contribution in [3.05, 3.63) is 40.1 Å². The van der Waals surface area contributed by atoms with Crippen molar-refractivity contribution in [3.63, 3.8) is 0 Å². The lowest BCUT2D eigenvalue weighted by molar-refractivity contribution is 0.387. The minimum atomic E-state index is 0.401. The van der Waals surface area contributed by atoms with Gasteiger partial charge >= 0.3 is 0 Å². The van der Waals surface area contributed by atoms with E-state index in [1.54, 1.807) is 6.20 Å². The molecule has 0 amide bonds. The lowest BCUT2D eigenvalue weighted by Gasteiger charge is -2.30. The van der Waals surface area contributed by atoms with Gasteiger partial charge in [0.1, 0.15) is 5.82 Å². The van der Waals surface area contributed by atoms with Gasteiger partial charge in [0.15, 0.2) is 5.11 Å². The number of benzene rings is 1. The van der Waals surface area contributed by atoms with Crippen LogP contribution in [-0.2, 0) is 0 Å². The third kappa shape index (κ3) is 6.17. The molecule has 3 N–H and O–H groups in total. The minimum Gasteiger partial charge on any atom is -0.363 e. The maximum atomic E-state index is 5.46. The van der Waals surface area contributed by atoms with Gasteiger partial charge in [0.2, 0.25) is 5.95 Å². The Morgan fingerprint density at radius 2 is 1.74 bits per heavy atom. The molecule has 8 heteroatoms. The fourth-order valence-corrected chi connectivity index (χ4v) is 3.76. The van der Waals surface area contributed by atoms with Crippen molar-refractivity contribution < 1.29 is 0 Å². The lowest BCUT2D eigenvalue weighted by atomic mass is 9.91. The van der Waals surface area contributed by atoms with Crippen molar-refractivity contribution in [2.45, 2.75) is 37.8 Å². The van der Waals surface area contributed by atoms with Crippen molar-refractivity contribution in [3.8, 4) is 0 Å². The predicted molar refractivity (Wildman–Crippen MR) is 125 cm³/mol. The van der Waals surface area contributed by atoms with Gasteiger partial charge in [-0.2, -0.15) is 4.98 Å². The van der Waals surface area contributed by atoms with Crippen LogP contribution in [-0.4, -0.2) is 41.3 Å². The molecule has 1 aromatic carbocycles. The highest BCUT2D eigenvalue weighted by Crippen LogP contribution is 2.22. The quantitative estimate of drug-likeness (QED) is 0.429. The van der Waals surface area contributed by atoms with E-state index in [4.69, 9.17) is 12.2 Å². The summed E-state index contributed by atoms with van der Waals surface area (Å²) < 4.78 is 1.21. The molecule has 0 saturated heterocycles. The second-order valence-corrected chi connectivity index (χ2v) is 8.58. The van der Waals surface area contributed by atoms with Crippen molar-refractivity contribution >= 4 is 57.4 Å². The molecule has 0 radical (unpaired) electrons. The van der Waals surface area contributed by atoms with Crippen LogP contribution in [0.4, 0.5) is 17.5 Å². The van der Waals surface area contributed by atoms with Gasteiger partial charge in [-0.15, -0.1) is 0 Å². The maximum absolute atomic E-state index is 5.46. The molecule has 1 heterocycles. The first-order valence-corrected chi connectivity index (χ1v) is 10.6. The smallest absolute Gasteiger partial charge is 0.224 e. The molecule has 1 fully saturated rings. The highest BCUT2D eigenvalue weighted by Gasteiger charge is 2.22. The van der Waals surface area contributed by atoms with Crippen LogP contribution in [0.15, 0.2) is 36.5 Å². The number of hydrogen-bond donors (Lipinski definition) is 3. The Labute approximate surface area is 179 Å². The molecule has 1 aromatic heterocycles. The van der Waals surface area contributed by atoms with Gasteiger partial charge in [-0.3, -0.25) is 0 Å². The van der Waals surface area contributed by atoms with Crippen molar-refractivity contribution in [2.24, 2.45) is 0 Å². The summed E-state index contributed by atoms with van der Waals surface area (Å²) in [7, 11) is 3.96. The molecular formula is C19H25IN6S. The molecule has 0 aliphatic heterocycles. The predicted octanol–water partition coefficient (Wildman–Crippen LogP) is 3.86. The van der Waals surface area contributed by atoms with Gasteiger partial charge in [-0.05, 0) is 90.8 Å². The van der Waals surface area contributed by atoms with E-state index < -0.39 is 0 Å². The molecule has 1 aliphatic carbocycles. The van der Waals surface area contributed by atoms with Crippen molar-refractivity contribution in [1.82, 2.24) is 15.3 Å². The number of halogens is 1. The fraction of sp³-hybridized carbons (Fsp3) is 0.421. The van der Waals surface area contributed by atoms with Crippen molar-refractivity contribution in [1.29, 1.82) is 0 Å². The van der Waals surface area contributed by atoms with Crippen LogP contribution in [0.5, 0.6) is 0 Å². The average Bonchev–Trinajstić information content (AvgIpc) is 2.65. The van der Waals surface area contributed by atoms with E-state index in [0.29, 0.717) is 23.1 Å². The van der Waals surface area contributed by atoms with Gasteiger partial charge in [-0.25, -0.2) is 4.98 Å². The zero-order chi connectivity index (χ0) is 19.2. The average molecular weight is 496 g/mol. The Bertz CT molecular complexity index is 759. The van der Waals surface area contributed by atoms with E-state index in [1.165, 1.54) is 3.57 Å². The first kappa shape index (κ1) is 20.1. The number of hydrogen-bond acceptors (Lipinski definition) is 5. The monoisotopic (exact) mass is 496 g/mol. The maximum Gasteiger partial charge on any atom is 0.224 e. The number of nitrogens with one attached hydrogen (secondary N) is 3. The molecule has 27 heavy (non-hydrogen) atoms. The Kier molecular flexibility index (Phi) is 7.06. The molecule has 0 spiro atoms. The molecule has 0 unspecified atom stereocenters. The highest BCUT2D eigenvalue weighted by atomic mass is 127. The van der Waals surface area contributed by atoms with Gasteiger partial charge < -0.3 is 20.9 Å². The Morgan fingerprint density at radius 1 is 1.07 bits per heavy atom. The normalized spacial score (nSPS) is 19.2. The fourth-order valence-electron chi connectivity index (χ4n) is 3.12. The van der Waals surface area contributed by atoms with Crippen molar-refractivity contribution in [2.75, 3.05) is 29.6 Å².